The average molecular weight is 484 g/mol. The van der Waals surface area contributed by atoms with E-state index in [-0.39, 0.29) is 17.9 Å². The van der Waals surface area contributed by atoms with Gasteiger partial charge in [-0.15, -0.1) is 11.3 Å². The van der Waals surface area contributed by atoms with E-state index in [0.717, 1.165) is 49.1 Å². The van der Waals surface area contributed by atoms with E-state index in [1.165, 1.54) is 0 Å². The molecule has 0 unspecified atom stereocenters. The summed E-state index contributed by atoms with van der Waals surface area (Å²) in [6.45, 7) is 10.8. The molecule has 1 aliphatic rings. The van der Waals surface area contributed by atoms with Crippen LogP contribution in [0.15, 0.2) is 46.2 Å². The number of rotatable bonds is 7. The quantitative estimate of drug-likeness (QED) is 0.473. The predicted molar refractivity (Wildman–Crippen MR) is 133 cm³/mol. The highest BCUT2D eigenvalue weighted by molar-refractivity contribution is 7.09. The summed E-state index contributed by atoms with van der Waals surface area (Å²) >= 11 is 1.73. The first-order chi connectivity index (χ1) is 16.3. The Balaban J connectivity index is 1.29. The Morgan fingerprint density at radius 2 is 1.94 bits per heavy atom. The van der Waals surface area contributed by atoms with Crippen LogP contribution in [-0.2, 0) is 18.6 Å². The topological polar surface area (TPSA) is 68.0 Å². The minimum Gasteiger partial charge on any atom is -0.497 e. The maximum Gasteiger partial charge on any atom is 0.289 e. The van der Waals surface area contributed by atoms with Gasteiger partial charge in [-0.1, -0.05) is 26.8 Å². The summed E-state index contributed by atoms with van der Waals surface area (Å²) < 4.78 is 16.8. The molecular weight excluding hydrogens is 450 g/mol. The van der Waals surface area contributed by atoms with Crippen molar-refractivity contribution in [3.8, 4) is 11.5 Å². The molecule has 8 heteroatoms. The normalized spacial score (nSPS) is 15.2. The number of furan rings is 1. The van der Waals surface area contributed by atoms with Gasteiger partial charge in [-0.25, -0.2) is 4.98 Å². The van der Waals surface area contributed by atoms with Gasteiger partial charge >= 0.3 is 0 Å². The molecule has 2 aromatic heterocycles. The molecule has 1 amide bonds. The zero-order chi connectivity index (χ0) is 24.1. The molecular formula is C26H33N3O4S. The van der Waals surface area contributed by atoms with E-state index in [4.69, 9.17) is 18.9 Å². The number of thiazole rings is 1. The lowest BCUT2D eigenvalue weighted by atomic mass is 9.98. The molecule has 1 aliphatic heterocycles. The molecule has 182 valence electrons. The Hall–Kier alpha value is -2.84. The van der Waals surface area contributed by atoms with Crippen LogP contribution in [0.1, 0.15) is 54.2 Å². The Morgan fingerprint density at radius 3 is 2.71 bits per heavy atom. The maximum absolute atomic E-state index is 13.0. The van der Waals surface area contributed by atoms with E-state index in [0.29, 0.717) is 23.8 Å². The number of carbonyl (C=O) groups excluding carboxylic acids is 1. The van der Waals surface area contributed by atoms with Crippen LogP contribution in [0.5, 0.6) is 11.5 Å². The van der Waals surface area contributed by atoms with E-state index < -0.39 is 0 Å². The second-order valence-electron chi connectivity index (χ2n) is 9.55. The fourth-order valence-electron chi connectivity index (χ4n) is 3.86. The van der Waals surface area contributed by atoms with Gasteiger partial charge in [0.25, 0.3) is 5.91 Å². The van der Waals surface area contributed by atoms with Crippen LogP contribution in [0.3, 0.4) is 0 Å². The fourth-order valence-corrected chi connectivity index (χ4v) is 4.76. The molecule has 0 N–H and O–H groups in total. The zero-order valence-electron chi connectivity index (χ0n) is 20.4. The van der Waals surface area contributed by atoms with Crippen molar-refractivity contribution in [2.24, 2.45) is 0 Å². The third kappa shape index (κ3) is 6.18. The summed E-state index contributed by atoms with van der Waals surface area (Å²) in [6, 6.07) is 10.9. The highest BCUT2D eigenvalue weighted by atomic mass is 32.1. The molecule has 3 aromatic rings. The second-order valence-corrected chi connectivity index (χ2v) is 10.4. The largest absolute Gasteiger partial charge is 0.497 e. The lowest BCUT2D eigenvalue weighted by molar-refractivity contribution is 0.0725. The second kappa shape index (κ2) is 10.6. The first kappa shape index (κ1) is 24.3. The van der Waals surface area contributed by atoms with Crippen LogP contribution in [-0.4, -0.2) is 54.0 Å². The standard InChI is InChI=1S/C26H33N3O4S/c1-26(2,3)25-27-19(18-34-25)16-28-11-6-12-29(14-13-28)24(30)23-10-9-22(33-23)17-32-21-8-5-7-20(15-21)31-4/h5,7-10,15,18H,6,11-14,16-17H2,1-4H3. The summed E-state index contributed by atoms with van der Waals surface area (Å²) in [5.74, 6) is 2.31. The smallest absolute Gasteiger partial charge is 0.289 e. The fraction of sp³-hybridized carbons (Fsp3) is 0.462. The molecule has 0 aliphatic carbocycles. The van der Waals surface area contributed by atoms with Gasteiger partial charge in [0.1, 0.15) is 23.9 Å². The average Bonchev–Trinajstić information content (AvgIpc) is 3.43. The monoisotopic (exact) mass is 483 g/mol. The minimum absolute atomic E-state index is 0.0712. The Labute approximate surface area is 205 Å². The summed E-state index contributed by atoms with van der Waals surface area (Å²) in [7, 11) is 1.62. The van der Waals surface area contributed by atoms with Crippen molar-refractivity contribution >= 4 is 17.2 Å². The summed E-state index contributed by atoms with van der Waals surface area (Å²) in [5, 5.41) is 3.32. The lowest BCUT2D eigenvalue weighted by Gasteiger charge is -2.21. The summed E-state index contributed by atoms with van der Waals surface area (Å²) in [6.07, 6.45) is 0.925. The molecule has 4 rings (SSSR count). The highest BCUT2D eigenvalue weighted by Gasteiger charge is 2.24. The van der Waals surface area contributed by atoms with Crippen LogP contribution in [0.25, 0.3) is 0 Å². The first-order valence-electron chi connectivity index (χ1n) is 11.6. The number of methoxy groups -OCH3 is 1. The summed E-state index contributed by atoms with van der Waals surface area (Å²) in [4.78, 5) is 22.1. The molecule has 7 nitrogen and oxygen atoms in total. The van der Waals surface area contributed by atoms with E-state index in [1.807, 2.05) is 29.2 Å². The zero-order valence-corrected chi connectivity index (χ0v) is 21.2. The Morgan fingerprint density at radius 1 is 1.12 bits per heavy atom. The van der Waals surface area contributed by atoms with Crippen LogP contribution >= 0.6 is 11.3 Å². The first-order valence-corrected chi connectivity index (χ1v) is 12.5. The molecule has 34 heavy (non-hydrogen) atoms. The number of amides is 1. The van der Waals surface area contributed by atoms with Crippen molar-refractivity contribution in [1.29, 1.82) is 0 Å². The van der Waals surface area contributed by atoms with Gasteiger partial charge in [-0.3, -0.25) is 9.69 Å². The van der Waals surface area contributed by atoms with E-state index in [9.17, 15) is 4.79 Å². The van der Waals surface area contributed by atoms with Gasteiger partial charge in [0, 0.05) is 49.6 Å². The molecule has 0 radical (unpaired) electrons. The SMILES string of the molecule is COc1cccc(OCc2ccc(C(=O)N3CCCN(Cc4csc(C(C)(C)C)n4)CC3)o2)c1. The molecule has 0 saturated carbocycles. The van der Waals surface area contributed by atoms with Crippen LogP contribution in [0.4, 0.5) is 0 Å². The van der Waals surface area contributed by atoms with Crippen LogP contribution in [0, 0.1) is 0 Å². The lowest BCUT2D eigenvalue weighted by Crippen LogP contribution is -2.35. The van der Waals surface area contributed by atoms with Crippen molar-refractivity contribution in [3.05, 3.63) is 64.0 Å². The van der Waals surface area contributed by atoms with Gasteiger partial charge in [0.2, 0.25) is 0 Å². The van der Waals surface area contributed by atoms with Gasteiger partial charge in [-0.05, 0) is 30.7 Å². The predicted octanol–water partition coefficient (Wildman–Crippen LogP) is 4.97. The molecule has 0 atom stereocenters. The number of ether oxygens (including phenoxy) is 2. The van der Waals surface area contributed by atoms with Crippen molar-refractivity contribution in [2.75, 3.05) is 33.3 Å². The maximum atomic E-state index is 13.0. The van der Waals surface area contributed by atoms with E-state index >= 15 is 0 Å². The van der Waals surface area contributed by atoms with Crippen LogP contribution in [0.2, 0.25) is 0 Å². The molecule has 1 aromatic carbocycles. The molecule has 0 bridgehead atoms. The third-order valence-electron chi connectivity index (χ3n) is 5.75. The number of carbonyl (C=O) groups is 1. The molecule has 1 fully saturated rings. The minimum atomic E-state index is -0.0712. The molecule has 0 spiro atoms. The number of hydrogen-bond acceptors (Lipinski definition) is 7. The van der Waals surface area contributed by atoms with Gasteiger partial charge < -0.3 is 18.8 Å². The van der Waals surface area contributed by atoms with Gasteiger partial charge in [0.05, 0.1) is 17.8 Å². The number of benzene rings is 1. The van der Waals surface area contributed by atoms with Crippen molar-refractivity contribution in [1.82, 2.24) is 14.8 Å². The van der Waals surface area contributed by atoms with E-state index in [2.05, 4.69) is 31.1 Å². The Kier molecular flexibility index (Phi) is 7.58. The van der Waals surface area contributed by atoms with Crippen molar-refractivity contribution in [2.45, 2.75) is 45.8 Å². The van der Waals surface area contributed by atoms with Crippen LogP contribution < -0.4 is 9.47 Å². The van der Waals surface area contributed by atoms with Gasteiger partial charge in [-0.2, -0.15) is 0 Å². The van der Waals surface area contributed by atoms with Crippen molar-refractivity contribution in [3.63, 3.8) is 0 Å². The number of aromatic nitrogens is 1. The van der Waals surface area contributed by atoms with Crippen molar-refractivity contribution < 1.29 is 18.7 Å². The third-order valence-corrected chi connectivity index (χ3v) is 7.07. The number of hydrogen-bond donors (Lipinski definition) is 0. The van der Waals surface area contributed by atoms with Gasteiger partial charge in [0.15, 0.2) is 5.76 Å². The van der Waals surface area contributed by atoms with E-state index in [1.54, 1.807) is 30.6 Å². The molecule has 3 heterocycles. The highest BCUT2D eigenvalue weighted by Crippen LogP contribution is 2.26. The number of nitrogens with zero attached hydrogens (tertiary/aromatic N) is 3. The Bertz CT molecular complexity index is 1100. The summed E-state index contributed by atoms with van der Waals surface area (Å²) in [5.41, 5.74) is 1.19. The molecule has 1 saturated heterocycles.